The first-order chi connectivity index (χ1) is 26.7. The third kappa shape index (κ3) is 6.94. The van der Waals surface area contributed by atoms with Crippen LogP contribution in [0, 0.1) is 0 Å². The maximum Gasteiger partial charge on any atom is 0.161 e. The van der Waals surface area contributed by atoms with Crippen LogP contribution in [-0.4, -0.2) is 24.9 Å². The van der Waals surface area contributed by atoms with Crippen molar-refractivity contribution in [3.05, 3.63) is 200 Å². The SMILES string of the molecule is c1ccc(-c2ccc(-c3cc(-c4ccc(-c5ccccc5)cn4)nc(-c4ccc(-c5nc(-c6ccccc6)cc(-c6ccccc6)n5)cn4)c3)cc2)cc1. The van der Waals surface area contributed by atoms with Crippen LogP contribution in [0.5, 0.6) is 0 Å². The quantitative estimate of drug-likeness (QED) is 0.159. The molecular formula is C49H33N5. The van der Waals surface area contributed by atoms with Crippen molar-refractivity contribution in [1.29, 1.82) is 0 Å². The van der Waals surface area contributed by atoms with Crippen molar-refractivity contribution in [3.63, 3.8) is 0 Å². The Morgan fingerprint density at radius 3 is 1.04 bits per heavy atom. The van der Waals surface area contributed by atoms with Gasteiger partial charge in [0.05, 0.1) is 34.2 Å². The van der Waals surface area contributed by atoms with Gasteiger partial charge >= 0.3 is 0 Å². The lowest BCUT2D eigenvalue weighted by molar-refractivity contribution is 1.17. The van der Waals surface area contributed by atoms with Crippen LogP contribution in [0.1, 0.15) is 0 Å². The third-order valence-corrected chi connectivity index (χ3v) is 9.43. The first kappa shape index (κ1) is 32.5. The lowest BCUT2D eigenvalue weighted by Gasteiger charge is -2.12. The second kappa shape index (κ2) is 14.7. The van der Waals surface area contributed by atoms with Crippen LogP contribution < -0.4 is 0 Å². The van der Waals surface area contributed by atoms with E-state index in [2.05, 4.69) is 103 Å². The van der Waals surface area contributed by atoms with Gasteiger partial charge in [-0.1, -0.05) is 152 Å². The number of benzene rings is 5. The Hall–Kier alpha value is -7.37. The van der Waals surface area contributed by atoms with Crippen LogP contribution in [0.2, 0.25) is 0 Å². The Labute approximate surface area is 314 Å². The minimum absolute atomic E-state index is 0.609. The molecule has 0 aliphatic rings. The molecule has 4 aromatic heterocycles. The zero-order valence-electron chi connectivity index (χ0n) is 29.3. The second-order valence-corrected chi connectivity index (χ2v) is 13.0. The van der Waals surface area contributed by atoms with Crippen LogP contribution in [-0.2, 0) is 0 Å². The van der Waals surface area contributed by atoms with Crippen LogP contribution in [0.4, 0.5) is 0 Å². The van der Waals surface area contributed by atoms with Crippen molar-refractivity contribution in [1.82, 2.24) is 24.9 Å². The monoisotopic (exact) mass is 691 g/mol. The Morgan fingerprint density at radius 1 is 0.222 bits per heavy atom. The van der Waals surface area contributed by atoms with E-state index in [-0.39, 0.29) is 0 Å². The Bertz CT molecular complexity index is 2490. The summed E-state index contributed by atoms with van der Waals surface area (Å²) in [6.07, 6.45) is 3.75. The van der Waals surface area contributed by atoms with Gasteiger partial charge in [-0.2, -0.15) is 0 Å². The highest BCUT2D eigenvalue weighted by molar-refractivity contribution is 5.78. The molecule has 0 unspecified atom stereocenters. The molecule has 0 aliphatic carbocycles. The summed E-state index contributed by atoms with van der Waals surface area (Å²) in [5, 5.41) is 0. The number of aromatic nitrogens is 5. The smallest absolute Gasteiger partial charge is 0.161 e. The first-order valence-corrected chi connectivity index (χ1v) is 17.9. The molecule has 5 nitrogen and oxygen atoms in total. The van der Waals surface area contributed by atoms with Crippen molar-refractivity contribution < 1.29 is 0 Å². The number of nitrogens with zero attached hydrogens (tertiary/aromatic N) is 5. The highest BCUT2D eigenvalue weighted by atomic mass is 14.9. The molecule has 0 aliphatic heterocycles. The molecule has 0 amide bonds. The summed E-state index contributed by atoms with van der Waals surface area (Å²) in [5.41, 5.74) is 14.3. The third-order valence-electron chi connectivity index (χ3n) is 9.43. The van der Waals surface area contributed by atoms with E-state index in [0.29, 0.717) is 5.82 Å². The van der Waals surface area contributed by atoms with Gasteiger partial charge in [0.25, 0.3) is 0 Å². The van der Waals surface area contributed by atoms with Gasteiger partial charge < -0.3 is 0 Å². The van der Waals surface area contributed by atoms with Gasteiger partial charge in [0.1, 0.15) is 0 Å². The van der Waals surface area contributed by atoms with Crippen molar-refractivity contribution in [2.45, 2.75) is 0 Å². The molecule has 4 heterocycles. The highest BCUT2D eigenvalue weighted by Crippen LogP contribution is 2.33. The first-order valence-electron chi connectivity index (χ1n) is 17.9. The zero-order valence-corrected chi connectivity index (χ0v) is 29.3. The second-order valence-electron chi connectivity index (χ2n) is 13.0. The maximum absolute atomic E-state index is 5.12. The summed E-state index contributed by atoms with van der Waals surface area (Å²) in [6, 6.07) is 64.1. The summed E-state index contributed by atoms with van der Waals surface area (Å²) < 4.78 is 0. The Balaban J connectivity index is 1.10. The highest BCUT2D eigenvalue weighted by Gasteiger charge is 2.14. The summed E-state index contributed by atoms with van der Waals surface area (Å²) >= 11 is 0. The van der Waals surface area contributed by atoms with Gasteiger partial charge in [0, 0.05) is 34.6 Å². The lowest BCUT2D eigenvalue weighted by atomic mass is 9.99. The summed E-state index contributed by atoms with van der Waals surface area (Å²) in [6.45, 7) is 0. The van der Waals surface area contributed by atoms with Crippen molar-refractivity contribution in [2.24, 2.45) is 0 Å². The van der Waals surface area contributed by atoms with Gasteiger partial charge in [0.2, 0.25) is 0 Å². The number of hydrogen-bond donors (Lipinski definition) is 0. The average molecular weight is 692 g/mol. The van der Waals surface area contributed by atoms with E-state index in [4.69, 9.17) is 24.9 Å². The number of rotatable bonds is 8. The van der Waals surface area contributed by atoms with E-state index in [1.165, 1.54) is 11.1 Å². The fourth-order valence-electron chi connectivity index (χ4n) is 6.56. The standard InChI is InChI=1S/C49H33N5/c1-5-13-34(14-6-1)36-21-23-37(24-22-36)42-29-47(43-27-25-40(32-50-43)35-15-7-2-8-16-35)52-48(30-42)44-28-26-41(33-51-44)49-53-45(38-17-9-3-10-18-38)31-46(54-49)39-19-11-4-12-20-39/h1-33H. The van der Waals surface area contributed by atoms with E-state index >= 15 is 0 Å². The normalized spacial score (nSPS) is 11.0. The predicted octanol–water partition coefficient (Wildman–Crippen LogP) is 12.0. The van der Waals surface area contributed by atoms with Crippen molar-refractivity contribution in [3.8, 4) is 90.1 Å². The minimum atomic E-state index is 0.609. The Morgan fingerprint density at radius 2 is 0.593 bits per heavy atom. The van der Waals surface area contributed by atoms with Gasteiger partial charge in [-0.3, -0.25) is 9.97 Å². The summed E-state index contributed by atoms with van der Waals surface area (Å²) in [4.78, 5) is 24.9. The molecule has 0 N–H and O–H groups in total. The zero-order chi connectivity index (χ0) is 36.1. The molecule has 0 saturated heterocycles. The average Bonchev–Trinajstić information content (AvgIpc) is 3.27. The fraction of sp³-hybridized carbons (Fsp3) is 0. The van der Waals surface area contributed by atoms with Crippen LogP contribution >= 0.6 is 0 Å². The molecule has 254 valence electrons. The molecule has 0 bridgehead atoms. The van der Waals surface area contributed by atoms with Crippen molar-refractivity contribution >= 4 is 0 Å². The summed E-state index contributed by atoms with van der Waals surface area (Å²) in [7, 11) is 0. The summed E-state index contributed by atoms with van der Waals surface area (Å²) in [5.74, 6) is 0.609. The molecule has 0 radical (unpaired) electrons. The Kier molecular flexibility index (Phi) is 8.86. The van der Waals surface area contributed by atoms with Crippen LogP contribution in [0.25, 0.3) is 90.1 Å². The molecule has 0 atom stereocenters. The van der Waals surface area contributed by atoms with E-state index in [0.717, 1.165) is 73.1 Å². The topological polar surface area (TPSA) is 64.5 Å². The maximum atomic E-state index is 5.12. The van der Waals surface area contributed by atoms with E-state index < -0.39 is 0 Å². The molecular weight excluding hydrogens is 659 g/mol. The molecule has 5 heteroatoms. The molecule has 9 rings (SSSR count). The van der Waals surface area contributed by atoms with E-state index in [1.807, 2.05) is 97.3 Å². The van der Waals surface area contributed by atoms with Gasteiger partial charge in [-0.05, 0) is 64.2 Å². The van der Waals surface area contributed by atoms with Crippen molar-refractivity contribution in [2.75, 3.05) is 0 Å². The van der Waals surface area contributed by atoms with E-state index in [1.54, 1.807) is 0 Å². The van der Waals surface area contributed by atoms with Gasteiger partial charge in [-0.15, -0.1) is 0 Å². The number of hydrogen-bond acceptors (Lipinski definition) is 5. The molecule has 0 fully saturated rings. The van der Waals surface area contributed by atoms with Gasteiger partial charge in [0.15, 0.2) is 5.82 Å². The molecule has 54 heavy (non-hydrogen) atoms. The van der Waals surface area contributed by atoms with E-state index in [9.17, 15) is 0 Å². The van der Waals surface area contributed by atoms with Crippen LogP contribution in [0.15, 0.2) is 200 Å². The molecule has 0 spiro atoms. The molecule has 5 aromatic carbocycles. The number of pyridine rings is 3. The predicted molar refractivity (Wildman–Crippen MR) is 219 cm³/mol. The molecule has 0 saturated carbocycles. The fourth-order valence-corrected chi connectivity index (χ4v) is 6.56. The minimum Gasteiger partial charge on any atom is -0.254 e. The molecule has 9 aromatic rings. The van der Waals surface area contributed by atoms with Crippen LogP contribution in [0.3, 0.4) is 0 Å². The van der Waals surface area contributed by atoms with Gasteiger partial charge in [-0.25, -0.2) is 15.0 Å². The largest absolute Gasteiger partial charge is 0.254 e. The lowest BCUT2D eigenvalue weighted by Crippen LogP contribution is -1.97.